The molecule has 2 amide bonds. The summed E-state index contributed by atoms with van der Waals surface area (Å²) in [7, 11) is 0. The summed E-state index contributed by atoms with van der Waals surface area (Å²) in [5, 5.41) is 8.56. The first-order valence-electron chi connectivity index (χ1n) is 12.6. The highest BCUT2D eigenvalue weighted by molar-refractivity contribution is 8.00. The van der Waals surface area contributed by atoms with E-state index in [2.05, 4.69) is 52.5 Å². The maximum absolute atomic E-state index is 13.3. The molecule has 7 heteroatoms. The number of amides is 2. The highest BCUT2D eigenvalue weighted by Crippen LogP contribution is 2.32. The Hall–Kier alpha value is -3.74. The standard InChI is InChI=1S/C31H28ClN3O2S/c1-3-29(38-24-12-8-11-22(18-24)33-30(36)20-9-7-10-21(32)17-20)31(37)34-23-15-16-28-26(19-23)25-13-5-6-14-27(25)35(28)4-2/h5-19,29H,3-4H2,1-2H3,(H,33,36)(H,34,37). The van der Waals surface area contributed by atoms with E-state index in [9.17, 15) is 9.59 Å². The molecule has 38 heavy (non-hydrogen) atoms. The van der Waals surface area contributed by atoms with Crippen molar-refractivity contribution in [1.29, 1.82) is 0 Å². The van der Waals surface area contributed by atoms with Crippen molar-refractivity contribution in [2.75, 3.05) is 10.6 Å². The van der Waals surface area contributed by atoms with Crippen molar-refractivity contribution < 1.29 is 9.59 Å². The van der Waals surface area contributed by atoms with Crippen LogP contribution in [0, 0.1) is 0 Å². The van der Waals surface area contributed by atoms with Crippen molar-refractivity contribution in [3.63, 3.8) is 0 Å². The Bertz CT molecular complexity index is 1650. The summed E-state index contributed by atoms with van der Waals surface area (Å²) in [6.07, 6.45) is 0.660. The third kappa shape index (κ3) is 5.42. The van der Waals surface area contributed by atoms with Crippen molar-refractivity contribution in [1.82, 2.24) is 4.57 Å². The van der Waals surface area contributed by atoms with Gasteiger partial charge in [-0.2, -0.15) is 0 Å². The van der Waals surface area contributed by atoms with E-state index in [0.29, 0.717) is 22.7 Å². The first-order chi connectivity index (χ1) is 18.5. The van der Waals surface area contributed by atoms with Crippen LogP contribution in [0.3, 0.4) is 0 Å². The van der Waals surface area contributed by atoms with Gasteiger partial charge in [-0.05, 0) is 74.0 Å². The molecule has 5 rings (SSSR count). The zero-order chi connectivity index (χ0) is 26.6. The summed E-state index contributed by atoms with van der Waals surface area (Å²) < 4.78 is 2.29. The number of nitrogens with zero attached hydrogens (tertiary/aromatic N) is 1. The van der Waals surface area contributed by atoms with Crippen LogP contribution in [0.1, 0.15) is 30.6 Å². The number of aromatic nitrogens is 1. The van der Waals surface area contributed by atoms with Gasteiger partial charge in [0.05, 0.1) is 5.25 Å². The van der Waals surface area contributed by atoms with E-state index in [4.69, 9.17) is 11.6 Å². The number of thioether (sulfide) groups is 1. The first kappa shape index (κ1) is 25.9. The summed E-state index contributed by atoms with van der Waals surface area (Å²) in [4.78, 5) is 26.8. The quantitative estimate of drug-likeness (QED) is 0.194. The smallest absolute Gasteiger partial charge is 0.255 e. The van der Waals surface area contributed by atoms with Crippen LogP contribution >= 0.6 is 23.4 Å². The summed E-state index contributed by atoms with van der Waals surface area (Å²) >= 11 is 7.50. The van der Waals surface area contributed by atoms with Gasteiger partial charge >= 0.3 is 0 Å². The monoisotopic (exact) mass is 541 g/mol. The fourth-order valence-electron chi connectivity index (χ4n) is 4.66. The fraction of sp³-hybridized carbons (Fsp3) is 0.161. The number of halogens is 1. The van der Waals surface area contributed by atoms with E-state index in [-0.39, 0.29) is 17.1 Å². The maximum Gasteiger partial charge on any atom is 0.255 e. The molecule has 0 aliphatic rings. The van der Waals surface area contributed by atoms with E-state index in [1.54, 1.807) is 24.3 Å². The average Bonchev–Trinajstić information content (AvgIpc) is 3.24. The minimum atomic E-state index is -0.290. The molecule has 0 saturated carbocycles. The predicted octanol–water partition coefficient (Wildman–Crippen LogP) is 8.23. The van der Waals surface area contributed by atoms with Gasteiger partial charge < -0.3 is 15.2 Å². The molecule has 1 unspecified atom stereocenters. The zero-order valence-electron chi connectivity index (χ0n) is 21.2. The maximum atomic E-state index is 13.3. The van der Waals surface area contributed by atoms with Crippen molar-refractivity contribution in [3.05, 3.63) is 102 Å². The highest BCUT2D eigenvalue weighted by Gasteiger charge is 2.19. The average molecular weight is 542 g/mol. The number of carbonyl (C=O) groups excluding carboxylic acids is 2. The minimum Gasteiger partial charge on any atom is -0.341 e. The Morgan fingerprint density at radius 1 is 0.816 bits per heavy atom. The highest BCUT2D eigenvalue weighted by atomic mass is 35.5. The number of fused-ring (bicyclic) bond motifs is 3. The van der Waals surface area contributed by atoms with Crippen molar-refractivity contribution in [2.45, 2.75) is 37.0 Å². The van der Waals surface area contributed by atoms with Gasteiger partial charge in [-0.1, -0.05) is 48.9 Å². The molecular formula is C31H28ClN3O2S. The molecule has 0 fully saturated rings. The van der Waals surface area contributed by atoms with Gasteiger partial charge in [-0.25, -0.2) is 0 Å². The topological polar surface area (TPSA) is 63.1 Å². The van der Waals surface area contributed by atoms with Gasteiger partial charge in [0.25, 0.3) is 5.91 Å². The SMILES string of the molecule is CCC(Sc1cccc(NC(=O)c2cccc(Cl)c2)c1)C(=O)Nc1ccc2c(c1)c1ccccc1n2CC. The number of para-hydroxylation sites is 1. The lowest BCUT2D eigenvalue weighted by Crippen LogP contribution is -2.24. The molecule has 0 bridgehead atoms. The molecule has 5 aromatic rings. The number of rotatable bonds is 8. The minimum absolute atomic E-state index is 0.0514. The largest absolute Gasteiger partial charge is 0.341 e. The fourth-order valence-corrected chi connectivity index (χ4v) is 5.87. The molecule has 2 N–H and O–H groups in total. The van der Waals surface area contributed by atoms with Crippen LogP contribution in [0.4, 0.5) is 11.4 Å². The van der Waals surface area contributed by atoms with Crippen LogP contribution < -0.4 is 10.6 Å². The van der Waals surface area contributed by atoms with E-state index in [1.807, 2.05) is 43.3 Å². The molecule has 0 spiro atoms. The second-order valence-electron chi connectivity index (χ2n) is 8.99. The summed E-state index contributed by atoms with van der Waals surface area (Å²) in [6, 6.07) is 28.8. The number of benzene rings is 4. The van der Waals surface area contributed by atoms with Gasteiger partial charge in [-0.3, -0.25) is 9.59 Å². The third-order valence-electron chi connectivity index (χ3n) is 6.48. The van der Waals surface area contributed by atoms with Gasteiger partial charge in [0.15, 0.2) is 0 Å². The molecule has 0 saturated heterocycles. The first-order valence-corrected chi connectivity index (χ1v) is 13.9. The lowest BCUT2D eigenvalue weighted by molar-refractivity contribution is -0.115. The molecule has 1 aromatic heterocycles. The molecule has 4 aromatic carbocycles. The number of hydrogen-bond acceptors (Lipinski definition) is 3. The summed E-state index contributed by atoms with van der Waals surface area (Å²) in [5.41, 5.74) is 4.28. The third-order valence-corrected chi connectivity index (χ3v) is 8.07. The molecule has 0 radical (unpaired) electrons. The number of anilines is 2. The Labute approximate surface area is 231 Å². The second-order valence-corrected chi connectivity index (χ2v) is 10.7. The summed E-state index contributed by atoms with van der Waals surface area (Å²) in [6.45, 7) is 5.02. The van der Waals surface area contributed by atoms with Crippen molar-refractivity contribution in [3.8, 4) is 0 Å². The van der Waals surface area contributed by atoms with Crippen molar-refractivity contribution >= 4 is 68.4 Å². The van der Waals surface area contributed by atoms with Gasteiger partial charge in [-0.15, -0.1) is 11.8 Å². The number of aryl methyl sites for hydroxylation is 1. The van der Waals surface area contributed by atoms with Crippen molar-refractivity contribution in [2.24, 2.45) is 0 Å². The van der Waals surface area contributed by atoms with Crippen LogP contribution in [0.2, 0.25) is 5.02 Å². The molecule has 0 aliphatic carbocycles. The van der Waals surface area contributed by atoms with Crippen LogP contribution in [0.5, 0.6) is 0 Å². The number of nitrogens with one attached hydrogen (secondary N) is 2. The molecule has 192 valence electrons. The van der Waals surface area contributed by atoms with E-state index >= 15 is 0 Å². The Morgan fingerprint density at radius 2 is 1.58 bits per heavy atom. The molecule has 1 heterocycles. The van der Waals surface area contributed by atoms with Crippen LogP contribution in [-0.4, -0.2) is 21.6 Å². The lowest BCUT2D eigenvalue weighted by atomic mass is 10.1. The molecular weight excluding hydrogens is 514 g/mol. The normalized spacial score (nSPS) is 12.0. The van der Waals surface area contributed by atoms with E-state index in [1.165, 1.54) is 22.7 Å². The zero-order valence-corrected chi connectivity index (χ0v) is 22.8. The van der Waals surface area contributed by atoms with Crippen LogP contribution in [-0.2, 0) is 11.3 Å². The lowest BCUT2D eigenvalue weighted by Gasteiger charge is -2.16. The van der Waals surface area contributed by atoms with Gasteiger partial charge in [0.1, 0.15) is 0 Å². The Morgan fingerprint density at radius 3 is 2.37 bits per heavy atom. The van der Waals surface area contributed by atoms with Gasteiger partial charge in [0.2, 0.25) is 5.91 Å². The van der Waals surface area contributed by atoms with Crippen LogP contribution in [0.25, 0.3) is 21.8 Å². The summed E-state index contributed by atoms with van der Waals surface area (Å²) in [5.74, 6) is -0.288. The second kappa shape index (κ2) is 11.3. The molecule has 1 atom stereocenters. The molecule has 0 aliphatic heterocycles. The predicted molar refractivity (Wildman–Crippen MR) is 160 cm³/mol. The molecule has 5 nitrogen and oxygen atoms in total. The Kier molecular flexibility index (Phi) is 7.72. The van der Waals surface area contributed by atoms with E-state index in [0.717, 1.165) is 28.0 Å². The Balaban J connectivity index is 1.31. The van der Waals surface area contributed by atoms with E-state index < -0.39 is 0 Å². The number of carbonyl (C=O) groups is 2. The number of hydrogen-bond donors (Lipinski definition) is 2. The van der Waals surface area contributed by atoms with Crippen LogP contribution in [0.15, 0.2) is 95.9 Å². The van der Waals surface area contributed by atoms with Gasteiger partial charge in [0, 0.05) is 55.2 Å².